The molecule has 1 aromatic heterocycles. The topological polar surface area (TPSA) is 87.2 Å². The second-order valence-corrected chi connectivity index (χ2v) is 8.92. The van der Waals surface area contributed by atoms with Crippen molar-refractivity contribution in [2.75, 3.05) is 62.3 Å². The molecular weight excluding hydrogens is 465 g/mol. The van der Waals surface area contributed by atoms with Crippen LogP contribution in [0.1, 0.15) is 25.3 Å². The second-order valence-electron chi connectivity index (χ2n) is 8.92. The number of carbonyl (C=O) groups excluding carboxylic acids is 2. The van der Waals surface area contributed by atoms with E-state index in [0.29, 0.717) is 70.3 Å². The van der Waals surface area contributed by atoms with Crippen LogP contribution < -0.4 is 15.1 Å². The van der Waals surface area contributed by atoms with Gasteiger partial charge in [0.1, 0.15) is 11.9 Å². The summed E-state index contributed by atoms with van der Waals surface area (Å²) in [4.78, 5) is 34.1. The molecule has 2 aliphatic heterocycles. The minimum absolute atomic E-state index is 0.0257. The highest BCUT2D eigenvalue weighted by Gasteiger charge is 2.32. The van der Waals surface area contributed by atoms with Crippen LogP contribution >= 0.6 is 0 Å². The lowest BCUT2D eigenvalue weighted by molar-refractivity contribution is -0.130. The van der Waals surface area contributed by atoms with Crippen molar-refractivity contribution in [2.45, 2.75) is 32.4 Å². The molecule has 1 aromatic carbocycles. The minimum Gasteiger partial charge on any atom is -0.444 e. The lowest BCUT2D eigenvalue weighted by atomic mass is 10.2. The van der Waals surface area contributed by atoms with Crippen LogP contribution in [0.25, 0.3) is 0 Å². The Morgan fingerprint density at radius 1 is 1.25 bits per heavy atom. The van der Waals surface area contributed by atoms with Crippen molar-refractivity contribution in [3.63, 3.8) is 0 Å². The molecule has 2 aromatic rings. The monoisotopic (exact) mass is 499 g/mol. The number of carbonyl (C=O) groups is 2. The lowest BCUT2D eigenvalue weighted by Gasteiger charge is -2.36. The number of nitrogens with zero attached hydrogens (tertiary/aromatic N) is 4. The molecule has 2 aliphatic rings. The third-order valence-electron chi connectivity index (χ3n) is 6.44. The van der Waals surface area contributed by atoms with E-state index in [0.717, 1.165) is 12.0 Å². The summed E-state index contributed by atoms with van der Waals surface area (Å²) in [6.07, 6.45) is 4.34. The molecule has 0 saturated carbocycles. The first kappa shape index (κ1) is 25.8. The molecule has 4 rings (SSSR count). The summed E-state index contributed by atoms with van der Waals surface area (Å²) in [7, 11) is 0. The number of amides is 2. The molecule has 2 amide bonds. The Bertz CT molecular complexity index is 1020. The Labute approximate surface area is 211 Å². The first-order chi connectivity index (χ1) is 17.5. The predicted octanol–water partition coefficient (Wildman–Crippen LogP) is 2.80. The van der Waals surface area contributed by atoms with Crippen molar-refractivity contribution >= 4 is 23.4 Å². The van der Waals surface area contributed by atoms with Gasteiger partial charge in [-0.3, -0.25) is 14.7 Å². The van der Waals surface area contributed by atoms with Gasteiger partial charge in [0.05, 0.1) is 24.5 Å². The Balaban J connectivity index is 1.24. The van der Waals surface area contributed by atoms with Crippen molar-refractivity contribution in [3.05, 3.63) is 54.1 Å². The largest absolute Gasteiger partial charge is 0.444 e. The first-order valence-electron chi connectivity index (χ1n) is 12.5. The average Bonchev–Trinajstić information content (AvgIpc) is 3.27. The van der Waals surface area contributed by atoms with Crippen LogP contribution in [0, 0.1) is 5.82 Å². The molecule has 2 saturated heterocycles. The molecule has 0 spiro atoms. The molecule has 10 heteroatoms. The number of cyclic esters (lactones) is 1. The number of benzene rings is 1. The lowest BCUT2D eigenvalue weighted by Crippen LogP contribution is -2.51. The number of ether oxygens (including phenoxy) is 2. The van der Waals surface area contributed by atoms with Crippen LogP contribution in [-0.4, -0.2) is 80.5 Å². The predicted molar refractivity (Wildman–Crippen MR) is 134 cm³/mol. The molecule has 1 N–H and O–H groups in total. The van der Waals surface area contributed by atoms with Crippen molar-refractivity contribution in [1.29, 1.82) is 0 Å². The summed E-state index contributed by atoms with van der Waals surface area (Å²) >= 11 is 0. The molecule has 0 bridgehead atoms. The highest BCUT2D eigenvalue weighted by atomic mass is 19.1. The number of nitrogens with one attached hydrogen (secondary N) is 1. The third-order valence-corrected chi connectivity index (χ3v) is 6.44. The Morgan fingerprint density at radius 2 is 2.08 bits per heavy atom. The summed E-state index contributed by atoms with van der Waals surface area (Å²) < 4.78 is 25.8. The van der Waals surface area contributed by atoms with Crippen LogP contribution in [0.2, 0.25) is 0 Å². The molecule has 0 unspecified atom stereocenters. The molecular formula is C26H34FN5O4. The summed E-state index contributed by atoms with van der Waals surface area (Å²) in [6, 6.07) is 8.66. The summed E-state index contributed by atoms with van der Waals surface area (Å²) in [5.74, 6) is -0.365. The van der Waals surface area contributed by atoms with Gasteiger partial charge in [-0.15, -0.1) is 0 Å². The van der Waals surface area contributed by atoms with E-state index in [2.05, 4.69) is 10.3 Å². The van der Waals surface area contributed by atoms with Gasteiger partial charge >= 0.3 is 6.09 Å². The molecule has 36 heavy (non-hydrogen) atoms. The van der Waals surface area contributed by atoms with E-state index in [-0.39, 0.29) is 18.6 Å². The molecule has 194 valence electrons. The average molecular weight is 500 g/mol. The zero-order valence-corrected chi connectivity index (χ0v) is 20.7. The van der Waals surface area contributed by atoms with Crippen molar-refractivity contribution in [2.24, 2.45) is 0 Å². The van der Waals surface area contributed by atoms with E-state index in [4.69, 9.17) is 9.47 Å². The van der Waals surface area contributed by atoms with Crippen LogP contribution in [0.3, 0.4) is 0 Å². The Hall–Kier alpha value is -3.24. The fraction of sp³-hybridized carbons (Fsp3) is 0.500. The third kappa shape index (κ3) is 6.70. The number of anilines is 2. The van der Waals surface area contributed by atoms with Crippen LogP contribution in [-0.2, 0) is 20.8 Å². The van der Waals surface area contributed by atoms with Crippen LogP contribution in [0.5, 0.6) is 0 Å². The number of hydrogen-bond donors (Lipinski definition) is 1. The van der Waals surface area contributed by atoms with E-state index in [1.54, 1.807) is 29.4 Å². The maximum absolute atomic E-state index is 15.1. The van der Waals surface area contributed by atoms with Gasteiger partial charge in [-0.1, -0.05) is 6.07 Å². The Morgan fingerprint density at radius 3 is 2.81 bits per heavy atom. The number of hydrogen-bond acceptors (Lipinski definition) is 7. The fourth-order valence-electron chi connectivity index (χ4n) is 4.49. The summed E-state index contributed by atoms with van der Waals surface area (Å²) in [6.45, 7) is 6.60. The minimum atomic E-state index is -0.451. The van der Waals surface area contributed by atoms with Crippen LogP contribution in [0.4, 0.5) is 20.6 Å². The van der Waals surface area contributed by atoms with E-state index < -0.39 is 11.9 Å². The van der Waals surface area contributed by atoms with Gasteiger partial charge in [-0.25, -0.2) is 9.18 Å². The number of pyridine rings is 1. The Kier molecular flexibility index (Phi) is 9.07. The SMILES string of the molecule is CCOCCC[C@H]1CN(c2ccc(N3CCN(C(=O)CNCc4cccnc4)CC3)c(F)c2)C(=O)O1. The van der Waals surface area contributed by atoms with Crippen LogP contribution in [0.15, 0.2) is 42.7 Å². The van der Waals surface area contributed by atoms with Crippen molar-refractivity contribution < 1.29 is 23.5 Å². The van der Waals surface area contributed by atoms with Gasteiger partial charge in [-0.05, 0) is 49.6 Å². The van der Waals surface area contributed by atoms with Gasteiger partial charge in [-0.2, -0.15) is 0 Å². The van der Waals surface area contributed by atoms with E-state index in [1.165, 1.54) is 11.0 Å². The zero-order chi connectivity index (χ0) is 25.3. The highest BCUT2D eigenvalue weighted by Crippen LogP contribution is 2.29. The molecule has 9 nitrogen and oxygen atoms in total. The number of rotatable bonds is 11. The molecule has 0 aliphatic carbocycles. The second kappa shape index (κ2) is 12.6. The van der Waals surface area contributed by atoms with Gasteiger partial charge in [0.25, 0.3) is 0 Å². The van der Waals surface area contributed by atoms with E-state index in [9.17, 15) is 9.59 Å². The fourth-order valence-corrected chi connectivity index (χ4v) is 4.49. The number of halogens is 1. The summed E-state index contributed by atoms with van der Waals surface area (Å²) in [5.41, 5.74) is 1.98. The normalized spacial score (nSPS) is 18.0. The van der Waals surface area contributed by atoms with E-state index in [1.807, 2.05) is 24.0 Å². The zero-order valence-electron chi connectivity index (χ0n) is 20.7. The smallest absolute Gasteiger partial charge is 0.414 e. The highest BCUT2D eigenvalue weighted by molar-refractivity contribution is 5.90. The van der Waals surface area contributed by atoms with Gasteiger partial charge in [0.15, 0.2) is 0 Å². The van der Waals surface area contributed by atoms with Crippen molar-refractivity contribution in [1.82, 2.24) is 15.2 Å². The van der Waals surface area contributed by atoms with E-state index >= 15 is 4.39 Å². The quantitative estimate of drug-likeness (QED) is 0.476. The van der Waals surface area contributed by atoms with Gasteiger partial charge in [0, 0.05) is 58.3 Å². The molecule has 3 heterocycles. The number of aromatic nitrogens is 1. The summed E-state index contributed by atoms with van der Waals surface area (Å²) in [5, 5.41) is 3.15. The number of piperazine rings is 1. The van der Waals surface area contributed by atoms with Gasteiger partial charge in [0.2, 0.25) is 5.91 Å². The standard InChI is InChI=1S/C26H34FN5O4/c1-2-35-14-4-6-22-19-32(26(34)36-22)21-7-8-24(23(27)15-21)30-10-12-31(13-11-30)25(33)18-29-17-20-5-3-9-28-16-20/h3,5,7-9,15-16,22,29H,2,4,6,10-14,17-19H2,1H3/t22-/m0/s1. The molecule has 1 atom stereocenters. The van der Waals surface area contributed by atoms with Crippen molar-refractivity contribution in [3.8, 4) is 0 Å². The maximum Gasteiger partial charge on any atom is 0.414 e. The van der Waals surface area contributed by atoms with Gasteiger partial charge < -0.3 is 24.6 Å². The molecule has 2 fully saturated rings. The maximum atomic E-state index is 15.1. The molecule has 0 radical (unpaired) electrons. The first-order valence-corrected chi connectivity index (χ1v) is 12.5.